The Balaban J connectivity index is 2.12. The molecule has 18 heavy (non-hydrogen) atoms. The van der Waals surface area contributed by atoms with E-state index in [1.165, 1.54) is 6.92 Å². The molecule has 5 heteroatoms. The summed E-state index contributed by atoms with van der Waals surface area (Å²) in [4.78, 5) is 23.7. The Morgan fingerprint density at radius 2 is 2.17 bits per heavy atom. The first-order valence-corrected chi connectivity index (χ1v) is 6.83. The van der Waals surface area contributed by atoms with Crippen molar-refractivity contribution in [3.05, 3.63) is 29.8 Å². The van der Waals surface area contributed by atoms with E-state index < -0.39 is 17.8 Å². The number of fused-ring (bicyclic) bond motifs is 1. The van der Waals surface area contributed by atoms with Gasteiger partial charge in [-0.2, -0.15) is 0 Å². The van der Waals surface area contributed by atoms with Crippen LogP contribution in [-0.4, -0.2) is 22.7 Å². The van der Waals surface area contributed by atoms with Gasteiger partial charge in [-0.1, -0.05) is 18.2 Å². The molecule has 2 unspecified atom stereocenters. The summed E-state index contributed by atoms with van der Waals surface area (Å²) in [6.45, 7) is 1.40. The van der Waals surface area contributed by atoms with Crippen molar-refractivity contribution in [2.75, 3.05) is 5.75 Å². The number of nitrogens with one attached hydrogen (secondary N) is 1. The second-order valence-corrected chi connectivity index (χ2v) is 5.43. The van der Waals surface area contributed by atoms with Crippen LogP contribution in [0.25, 0.3) is 0 Å². The summed E-state index contributed by atoms with van der Waals surface area (Å²) in [5.41, 5.74) is 1.08. The zero-order valence-corrected chi connectivity index (χ0v) is 10.9. The molecule has 1 aliphatic heterocycles. The Bertz CT molecular complexity index is 475. The van der Waals surface area contributed by atoms with Gasteiger partial charge >= 0.3 is 5.97 Å². The van der Waals surface area contributed by atoms with E-state index >= 15 is 0 Å². The van der Waals surface area contributed by atoms with E-state index in [1.807, 2.05) is 24.3 Å². The molecule has 2 atom stereocenters. The van der Waals surface area contributed by atoms with Gasteiger partial charge in [0.05, 0.1) is 6.04 Å². The lowest BCUT2D eigenvalue weighted by molar-refractivity contribution is -0.146. The van der Waals surface area contributed by atoms with Crippen molar-refractivity contribution in [2.24, 2.45) is 5.92 Å². The fourth-order valence-electron chi connectivity index (χ4n) is 1.90. The summed E-state index contributed by atoms with van der Waals surface area (Å²) in [7, 11) is 0. The largest absolute Gasteiger partial charge is 0.481 e. The second-order valence-electron chi connectivity index (χ2n) is 4.30. The first kappa shape index (κ1) is 13.0. The minimum Gasteiger partial charge on any atom is -0.481 e. The predicted molar refractivity (Wildman–Crippen MR) is 69.5 cm³/mol. The molecule has 1 aromatic rings. The fraction of sp³-hybridized carbons (Fsp3) is 0.385. The van der Waals surface area contributed by atoms with Gasteiger partial charge < -0.3 is 10.4 Å². The van der Waals surface area contributed by atoms with Crippen LogP contribution >= 0.6 is 11.8 Å². The predicted octanol–water partition coefficient (Wildman–Crippen LogP) is 2.06. The van der Waals surface area contributed by atoms with Crippen LogP contribution < -0.4 is 5.32 Å². The highest BCUT2D eigenvalue weighted by atomic mass is 32.2. The van der Waals surface area contributed by atoms with E-state index in [9.17, 15) is 9.59 Å². The molecule has 1 aromatic carbocycles. The standard InChI is InChI=1S/C13H15NO3S/c1-8(13(16)17)12(15)14-10-6-7-18-11-5-3-2-4-9(10)11/h2-5,8,10H,6-7H2,1H3,(H,14,15)(H,16,17). The molecule has 2 rings (SSSR count). The lowest BCUT2D eigenvalue weighted by atomic mass is 10.0. The zero-order chi connectivity index (χ0) is 13.1. The minimum absolute atomic E-state index is 0.0725. The van der Waals surface area contributed by atoms with Gasteiger partial charge in [0.25, 0.3) is 0 Å². The molecule has 0 saturated carbocycles. The maximum Gasteiger partial charge on any atom is 0.315 e. The number of carbonyl (C=O) groups is 2. The highest BCUT2D eigenvalue weighted by Gasteiger charge is 2.26. The van der Waals surface area contributed by atoms with E-state index in [0.717, 1.165) is 22.6 Å². The minimum atomic E-state index is -1.09. The van der Waals surface area contributed by atoms with Gasteiger partial charge in [-0.3, -0.25) is 9.59 Å². The van der Waals surface area contributed by atoms with E-state index in [1.54, 1.807) is 11.8 Å². The number of aliphatic carboxylic acids is 1. The zero-order valence-electron chi connectivity index (χ0n) is 10.1. The number of hydrogen-bond acceptors (Lipinski definition) is 3. The van der Waals surface area contributed by atoms with Crippen molar-refractivity contribution in [1.29, 1.82) is 0 Å². The molecule has 0 bridgehead atoms. The van der Waals surface area contributed by atoms with Gasteiger partial charge in [0.2, 0.25) is 5.91 Å². The average Bonchev–Trinajstić information content (AvgIpc) is 2.38. The number of carbonyl (C=O) groups excluding carboxylic acids is 1. The molecule has 0 saturated heterocycles. The number of rotatable bonds is 3. The summed E-state index contributed by atoms with van der Waals surface area (Å²) >= 11 is 1.77. The highest BCUT2D eigenvalue weighted by molar-refractivity contribution is 7.99. The van der Waals surface area contributed by atoms with E-state index in [4.69, 9.17) is 5.11 Å². The number of amides is 1. The quantitative estimate of drug-likeness (QED) is 0.821. The van der Waals surface area contributed by atoms with E-state index in [-0.39, 0.29) is 6.04 Å². The van der Waals surface area contributed by atoms with Crippen molar-refractivity contribution in [3.8, 4) is 0 Å². The van der Waals surface area contributed by atoms with Crippen molar-refractivity contribution >= 4 is 23.6 Å². The van der Waals surface area contributed by atoms with Gasteiger partial charge in [-0.25, -0.2) is 0 Å². The normalized spacial score (nSPS) is 19.7. The van der Waals surface area contributed by atoms with E-state index in [0.29, 0.717) is 0 Å². The number of thioether (sulfide) groups is 1. The smallest absolute Gasteiger partial charge is 0.315 e. The Hall–Kier alpha value is -1.49. The molecule has 1 amide bonds. The fourth-order valence-corrected chi connectivity index (χ4v) is 3.03. The number of carboxylic acids is 1. The number of carboxylic acid groups (broad SMARTS) is 1. The van der Waals surface area contributed by atoms with Crippen molar-refractivity contribution in [3.63, 3.8) is 0 Å². The number of benzene rings is 1. The Morgan fingerprint density at radius 3 is 2.89 bits per heavy atom. The van der Waals surface area contributed by atoms with Crippen LogP contribution in [0.1, 0.15) is 24.9 Å². The topological polar surface area (TPSA) is 66.4 Å². The van der Waals surface area contributed by atoms with Crippen LogP contribution in [0.5, 0.6) is 0 Å². The molecule has 4 nitrogen and oxygen atoms in total. The van der Waals surface area contributed by atoms with Gasteiger partial charge in [-0.05, 0) is 25.0 Å². The highest BCUT2D eigenvalue weighted by Crippen LogP contribution is 2.35. The molecule has 0 aliphatic carbocycles. The van der Waals surface area contributed by atoms with Crippen molar-refractivity contribution < 1.29 is 14.7 Å². The molecule has 1 heterocycles. The summed E-state index contributed by atoms with van der Waals surface area (Å²) in [5, 5.41) is 11.6. The molecule has 0 radical (unpaired) electrons. The van der Waals surface area contributed by atoms with E-state index in [2.05, 4.69) is 5.32 Å². The summed E-state index contributed by atoms with van der Waals surface area (Å²) in [5.74, 6) is -1.59. The monoisotopic (exact) mass is 265 g/mol. The van der Waals surface area contributed by atoms with Crippen LogP contribution in [0.3, 0.4) is 0 Å². The van der Waals surface area contributed by atoms with Crippen LogP contribution in [0.2, 0.25) is 0 Å². The first-order valence-electron chi connectivity index (χ1n) is 5.84. The third-order valence-electron chi connectivity index (χ3n) is 3.04. The van der Waals surface area contributed by atoms with Crippen LogP contribution in [0.4, 0.5) is 0 Å². The molecule has 2 N–H and O–H groups in total. The Kier molecular flexibility index (Phi) is 3.91. The van der Waals surface area contributed by atoms with Gasteiger partial charge in [0.15, 0.2) is 0 Å². The first-order chi connectivity index (χ1) is 8.59. The average molecular weight is 265 g/mol. The molecule has 0 fully saturated rings. The van der Waals surface area contributed by atoms with Gasteiger partial charge in [0, 0.05) is 10.6 Å². The van der Waals surface area contributed by atoms with Crippen LogP contribution in [0.15, 0.2) is 29.2 Å². The maximum atomic E-state index is 11.8. The summed E-state index contributed by atoms with van der Waals surface area (Å²) in [6.07, 6.45) is 0.833. The van der Waals surface area contributed by atoms with Crippen molar-refractivity contribution in [1.82, 2.24) is 5.32 Å². The molecular weight excluding hydrogens is 250 g/mol. The Morgan fingerprint density at radius 1 is 1.44 bits per heavy atom. The van der Waals surface area contributed by atoms with Crippen molar-refractivity contribution in [2.45, 2.75) is 24.3 Å². The van der Waals surface area contributed by atoms with Crippen LogP contribution in [-0.2, 0) is 9.59 Å². The van der Waals surface area contributed by atoms with Gasteiger partial charge in [-0.15, -0.1) is 11.8 Å². The molecule has 0 spiro atoms. The SMILES string of the molecule is CC(C(=O)O)C(=O)NC1CCSc2ccccc21. The second kappa shape index (κ2) is 5.44. The molecule has 1 aliphatic rings. The third kappa shape index (κ3) is 2.67. The summed E-state index contributed by atoms with van der Waals surface area (Å²) < 4.78 is 0. The van der Waals surface area contributed by atoms with Gasteiger partial charge in [0.1, 0.15) is 5.92 Å². The molecule has 0 aromatic heterocycles. The van der Waals surface area contributed by atoms with Crippen LogP contribution in [0, 0.1) is 5.92 Å². The number of hydrogen-bond donors (Lipinski definition) is 2. The lowest BCUT2D eigenvalue weighted by Crippen LogP contribution is -2.37. The third-order valence-corrected chi connectivity index (χ3v) is 4.16. The lowest BCUT2D eigenvalue weighted by Gasteiger charge is -2.26. The molecular formula is C13H15NO3S. The maximum absolute atomic E-state index is 11.8. The Labute approximate surface area is 110 Å². The molecule has 96 valence electrons. The summed E-state index contributed by atoms with van der Waals surface area (Å²) in [6, 6.07) is 7.84.